The maximum absolute atomic E-state index is 11.2. The molecule has 0 spiro atoms. The number of aromatic nitrogens is 1. The first kappa shape index (κ1) is 16.0. The van der Waals surface area contributed by atoms with E-state index < -0.39 is 9.05 Å². The van der Waals surface area contributed by atoms with E-state index in [0.29, 0.717) is 18.8 Å². The minimum atomic E-state index is -3.51. The molecule has 0 aliphatic heterocycles. The number of benzene rings is 1. The molecule has 2 rings (SSSR count). The molecule has 2 aromatic rings. The van der Waals surface area contributed by atoms with Gasteiger partial charge in [-0.1, -0.05) is 25.1 Å². The summed E-state index contributed by atoms with van der Waals surface area (Å²) in [7, 11) is 1.80. The van der Waals surface area contributed by atoms with Crippen LogP contribution in [0.1, 0.15) is 19.0 Å². The van der Waals surface area contributed by atoms with Crippen LogP contribution in [0.15, 0.2) is 30.3 Å². The summed E-state index contributed by atoms with van der Waals surface area (Å²) < 4.78 is 28.1. The van der Waals surface area contributed by atoms with Gasteiger partial charge in [0.2, 0.25) is 9.05 Å². The van der Waals surface area contributed by atoms with Crippen molar-refractivity contribution in [1.82, 2.24) is 4.98 Å². The van der Waals surface area contributed by atoms with Crippen molar-refractivity contribution in [2.45, 2.75) is 20.3 Å². The summed E-state index contributed by atoms with van der Waals surface area (Å²) in [5, 5.41) is 0.996. The molecule has 0 N–H and O–H groups in total. The van der Waals surface area contributed by atoms with Crippen LogP contribution in [-0.4, -0.2) is 25.8 Å². The zero-order valence-electron chi connectivity index (χ0n) is 12.0. The van der Waals surface area contributed by atoms with Crippen LogP contribution in [-0.2, 0) is 9.05 Å². The summed E-state index contributed by atoms with van der Waals surface area (Å²) in [6.07, 6.45) is 0.684. The normalized spacial score (nSPS) is 13.3. The molecule has 1 aromatic carbocycles. The molecule has 0 fully saturated rings. The monoisotopic (exact) mass is 327 g/mol. The van der Waals surface area contributed by atoms with Crippen LogP contribution in [0.25, 0.3) is 10.9 Å². The van der Waals surface area contributed by atoms with Crippen molar-refractivity contribution in [3.05, 3.63) is 36.0 Å². The molecule has 1 atom stereocenters. The zero-order valence-corrected chi connectivity index (χ0v) is 13.6. The quantitative estimate of drug-likeness (QED) is 0.762. The Morgan fingerprint density at radius 3 is 2.71 bits per heavy atom. The lowest BCUT2D eigenvalue weighted by molar-refractivity contribution is 0.260. The first-order valence-corrected chi connectivity index (χ1v) is 9.28. The molecular weight excluding hydrogens is 310 g/mol. The second-order valence-corrected chi connectivity index (χ2v) is 7.89. The number of nitrogens with zero attached hydrogens (tertiary/aromatic N) is 1. The van der Waals surface area contributed by atoms with Crippen molar-refractivity contribution in [3.8, 4) is 5.75 Å². The maximum Gasteiger partial charge on any atom is 0.232 e. The highest BCUT2D eigenvalue weighted by Gasteiger charge is 2.17. The van der Waals surface area contributed by atoms with Crippen molar-refractivity contribution in [2.75, 3.05) is 12.4 Å². The van der Waals surface area contributed by atoms with Gasteiger partial charge in [-0.05, 0) is 25.5 Å². The van der Waals surface area contributed by atoms with Crippen molar-refractivity contribution < 1.29 is 13.2 Å². The second kappa shape index (κ2) is 6.62. The number of pyridine rings is 1. The number of hydrogen-bond acceptors (Lipinski definition) is 4. The highest BCUT2D eigenvalue weighted by molar-refractivity contribution is 8.13. The smallest absolute Gasteiger partial charge is 0.232 e. The number of hydrogen-bond donors (Lipinski definition) is 0. The SMILES string of the molecule is CCC(COc1cccc2ccc(C)nc12)CS(=O)(=O)Cl. The number of para-hydroxylation sites is 1. The predicted octanol–water partition coefficient (Wildman–Crippen LogP) is 3.52. The van der Waals surface area contributed by atoms with Crippen LogP contribution < -0.4 is 4.74 Å². The van der Waals surface area contributed by atoms with Gasteiger partial charge >= 0.3 is 0 Å². The van der Waals surface area contributed by atoms with E-state index in [4.69, 9.17) is 15.4 Å². The average molecular weight is 328 g/mol. The van der Waals surface area contributed by atoms with Gasteiger partial charge in [0.15, 0.2) is 0 Å². The minimum Gasteiger partial charge on any atom is -0.491 e. The summed E-state index contributed by atoms with van der Waals surface area (Å²) in [5.74, 6) is 0.455. The van der Waals surface area contributed by atoms with E-state index >= 15 is 0 Å². The summed E-state index contributed by atoms with van der Waals surface area (Å²) in [6.45, 7) is 4.14. The Labute approximate surface area is 129 Å². The van der Waals surface area contributed by atoms with E-state index in [0.717, 1.165) is 16.6 Å². The Hall–Kier alpha value is -1.33. The van der Waals surface area contributed by atoms with Crippen molar-refractivity contribution >= 4 is 30.6 Å². The summed E-state index contributed by atoms with van der Waals surface area (Å²) in [4.78, 5) is 4.48. The molecule has 0 aliphatic rings. The third-order valence-electron chi connectivity index (χ3n) is 3.31. The van der Waals surface area contributed by atoms with Crippen molar-refractivity contribution in [2.24, 2.45) is 5.92 Å². The number of aryl methyl sites for hydroxylation is 1. The maximum atomic E-state index is 11.2. The molecule has 0 radical (unpaired) electrons. The van der Waals surface area contributed by atoms with Crippen LogP contribution in [0.2, 0.25) is 0 Å². The molecule has 0 saturated carbocycles. The van der Waals surface area contributed by atoms with Gasteiger partial charge in [0.05, 0.1) is 12.4 Å². The fourth-order valence-electron chi connectivity index (χ4n) is 2.11. The molecule has 4 nitrogen and oxygen atoms in total. The molecular formula is C15H18ClNO3S. The average Bonchev–Trinajstić information content (AvgIpc) is 2.42. The van der Waals surface area contributed by atoms with E-state index in [9.17, 15) is 8.42 Å². The molecule has 6 heteroatoms. The van der Waals surface area contributed by atoms with Gasteiger partial charge in [-0.25, -0.2) is 13.4 Å². The standard InChI is InChI=1S/C15H18ClNO3S/c1-3-12(10-21(16,18)19)9-20-14-6-4-5-13-8-7-11(2)17-15(13)14/h4-8,12H,3,9-10H2,1-2H3. The molecule has 0 amide bonds. The van der Waals surface area contributed by atoms with E-state index in [2.05, 4.69) is 4.98 Å². The zero-order chi connectivity index (χ0) is 15.5. The first-order chi connectivity index (χ1) is 9.89. The highest BCUT2D eigenvalue weighted by atomic mass is 35.7. The third-order valence-corrected chi connectivity index (χ3v) is 4.56. The van der Waals surface area contributed by atoms with Crippen LogP contribution in [0.3, 0.4) is 0 Å². The van der Waals surface area contributed by atoms with Crippen LogP contribution in [0.4, 0.5) is 0 Å². The van der Waals surface area contributed by atoms with Gasteiger partial charge in [0, 0.05) is 27.7 Å². The van der Waals surface area contributed by atoms with Gasteiger partial charge in [-0.2, -0.15) is 0 Å². The Kier molecular flexibility index (Phi) is 5.06. The van der Waals surface area contributed by atoms with Gasteiger partial charge in [0.25, 0.3) is 0 Å². The van der Waals surface area contributed by atoms with E-state index in [1.165, 1.54) is 0 Å². The summed E-state index contributed by atoms with van der Waals surface area (Å²) >= 11 is 0. The fraction of sp³-hybridized carbons (Fsp3) is 0.400. The molecule has 0 aliphatic carbocycles. The van der Waals surface area contributed by atoms with Gasteiger partial charge in [-0.3, -0.25) is 0 Å². The molecule has 21 heavy (non-hydrogen) atoms. The van der Waals surface area contributed by atoms with E-state index in [-0.39, 0.29) is 11.7 Å². The van der Waals surface area contributed by atoms with E-state index in [1.54, 1.807) is 0 Å². The summed E-state index contributed by atoms with van der Waals surface area (Å²) in [6, 6.07) is 9.64. The molecule has 114 valence electrons. The third kappa shape index (κ3) is 4.58. The van der Waals surface area contributed by atoms with Crippen LogP contribution in [0.5, 0.6) is 5.75 Å². The number of fused-ring (bicyclic) bond motifs is 1. The molecule has 1 unspecified atom stereocenters. The van der Waals surface area contributed by atoms with Crippen LogP contribution >= 0.6 is 10.7 Å². The topological polar surface area (TPSA) is 56.3 Å². The number of ether oxygens (including phenoxy) is 1. The largest absolute Gasteiger partial charge is 0.491 e. The van der Waals surface area contributed by atoms with Crippen molar-refractivity contribution in [1.29, 1.82) is 0 Å². The van der Waals surface area contributed by atoms with Gasteiger partial charge in [-0.15, -0.1) is 0 Å². The van der Waals surface area contributed by atoms with Crippen molar-refractivity contribution in [3.63, 3.8) is 0 Å². The second-order valence-electron chi connectivity index (χ2n) is 5.07. The number of halogens is 1. The lowest BCUT2D eigenvalue weighted by Gasteiger charge is -2.15. The molecule has 1 aromatic heterocycles. The first-order valence-electron chi connectivity index (χ1n) is 6.80. The van der Waals surface area contributed by atoms with Crippen LogP contribution in [0, 0.1) is 12.8 Å². The minimum absolute atomic E-state index is 0.0811. The highest BCUT2D eigenvalue weighted by Crippen LogP contribution is 2.25. The van der Waals surface area contributed by atoms with Gasteiger partial charge < -0.3 is 4.74 Å². The summed E-state index contributed by atoms with van der Waals surface area (Å²) in [5.41, 5.74) is 1.70. The van der Waals surface area contributed by atoms with E-state index in [1.807, 2.05) is 44.2 Å². The lowest BCUT2D eigenvalue weighted by atomic mass is 10.1. The van der Waals surface area contributed by atoms with Gasteiger partial charge in [0.1, 0.15) is 11.3 Å². The molecule has 0 bridgehead atoms. The Morgan fingerprint density at radius 1 is 1.29 bits per heavy atom. The number of rotatable bonds is 6. The lowest BCUT2D eigenvalue weighted by Crippen LogP contribution is -2.19. The Morgan fingerprint density at radius 2 is 2.05 bits per heavy atom. The predicted molar refractivity (Wildman–Crippen MR) is 85.4 cm³/mol. The molecule has 1 heterocycles. The Bertz CT molecular complexity index is 731. The Balaban J connectivity index is 2.18. The fourth-order valence-corrected chi connectivity index (χ4v) is 3.54. The molecule has 0 saturated heterocycles.